The van der Waals surface area contributed by atoms with E-state index in [9.17, 15) is 9.59 Å². The van der Waals surface area contributed by atoms with Gasteiger partial charge < -0.3 is 19.5 Å². The van der Waals surface area contributed by atoms with E-state index in [0.29, 0.717) is 36.1 Å². The van der Waals surface area contributed by atoms with E-state index in [2.05, 4.69) is 0 Å². The minimum absolute atomic E-state index is 0.108. The molecule has 0 bridgehead atoms. The van der Waals surface area contributed by atoms with Crippen molar-refractivity contribution in [3.63, 3.8) is 0 Å². The van der Waals surface area contributed by atoms with Gasteiger partial charge in [-0.1, -0.05) is 24.6 Å². The lowest BCUT2D eigenvalue weighted by Crippen LogP contribution is -2.37. The van der Waals surface area contributed by atoms with E-state index in [0.717, 1.165) is 18.5 Å². The summed E-state index contributed by atoms with van der Waals surface area (Å²) in [5.41, 5.74) is 1.35. The third-order valence-electron chi connectivity index (χ3n) is 4.82. The van der Waals surface area contributed by atoms with Gasteiger partial charge in [0.05, 0.1) is 6.61 Å². The quantitative estimate of drug-likeness (QED) is 0.708. The fourth-order valence-electron chi connectivity index (χ4n) is 3.17. The smallest absolute Gasteiger partial charge is 0.341 e. The van der Waals surface area contributed by atoms with Gasteiger partial charge in [-0.2, -0.15) is 0 Å². The largest absolute Gasteiger partial charge is 0.490 e. The van der Waals surface area contributed by atoms with Gasteiger partial charge in [-0.15, -0.1) is 0 Å². The second kappa shape index (κ2) is 9.26. The number of aliphatic carboxylic acids is 1. The lowest BCUT2D eigenvalue weighted by Gasteiger charge is -2.32. The summed E-state index contributed by atoms with van der Waals surface area (Å²) in [5.74, 6) is 0.0215. The molecule has 0 heterocycles. The van der Waals surface area contributed by atoms with Crippen LogP contribution in [0.25, 0.3) is 0 Å². The van der Waals surface area contributed by atoms with Gasteiger partial charge in [0.15, 0.2) is 18.1 Å². The van der Waals surface area contributed by atoms with Crippen LogP contribution >= 0.6 is 0 Å². The zero-order valence-corrected chi connectivity index (χ0v) is 16.0. The topological polar surface area (TPSA) is 76.1 Å². The van der Waals surface area contributed by atoms with Crippen molar-refractivity contribution in [3.8, 4) is 11.5 Å². The first-order valence-electron chi connectivity index (χ1n) is 9.57. The van der Waals surface area contributed by atoms with Crippen LogP contribution in [0.4, 0.5) is 5.69 Å². The third kappa shape index (κ3) is 4.82. The molecule has 0 saturated heterocycles. The van der Waals surface area contributed by atoms with Crippen molar-refractivity contribution in [2.24, 2.45) is 5.92 Å². The van der Waals surface area contributed by atoms with Crippen LogP contribution in [-0.4, -0.2) is 36.7 Å². The number of carbonyl (C=O) groups is 2. The highest BCUT2D eigenvalue weighted by molar-refractivity contribution is 6.06. The van der Waals surface area contributed by atoms with Gasteiger partial charge in [-0.3, -0.25) is 4.79 Å². The molecule has 0 unspecified atom stereocenters. The first-order valence-corrected chi connectivity index (χ1v) is 9.57. The Morgan fingerprint density at radius 3 is 2.43 bits per heavy atom. The Morgan fingerprint density at radius 1 is 1.07 bits per heavy atom. The number of nitrogens with zero attached hydrogens (tertiary/aromatic N) is 1. The highest BCUT2D eigenvalue weighted by Crippen LogP contribution is 2.32. The van der Waals surface area contributed by atoms with E-state index in [1.807, 2.05) is 42.2 Å². The van der Waals surface area contributed by atoms with Crippen molar-refractivity contribution >= 4 is 17.6 Å². The average molecular weight is 383 g/mol. The number of rotatable bonds is 9. The monoisotopic (exact) mass is 383 g/mol. The number of benzene rings is 2. The molecule has 6 heteroatoms. The number of carboxylic acids is 1. The van der Waals surface area contributed by atoms with Gasteiger partial charge in [0.25, 0.3) is 5.91 Å². The zero-order valence-electron chi connectivity index (χ0n) is 16.0. The van der Waals surface area contributed by atoms with E-state index in [4.69, 9.17) is 14.6 Å². The summed E-state index contributed by atoms with van der Waals surface area (Å²) < 4.78 is 10.8. The van der Waals surface area contributed by atoms with E-state index in [1.165, 1.54) is 6.42 Å². The van der Waals surface area contributed by atoms with Gasteiger partial charge in [0, 0.05) is 17.8 Å². The molecule has 0 aromatic heterocycles. The van der Waals surface area contributed by atoms with E-state index >= 15 is 0 Å². The van der Waals surface area contributed by atoms with Gasteiger partial charge in [0.2, 0.25) is 0 Å². The Balaban J connectivity index is 1.86. The molecule has 2 aromatic rings. The fourth-order valence-corrected chi connectivity index (χ4v) is 3.17. The lowest BCUT2D eigenvalue weighted by molar-refractivity contribution is -0.139. The van der Waals surface area contributed by atoms with Gasteiger partial charge >= 0.3 is 5.97 Å². The standard InChI is InChI=1S/C22H25NO5/c1-2-27-20-13-17(11-12-19(20)28-15-21(24)25)22(26)23(14-16-7-6-8-16)18-9-4-3-5-10-18/h3-5,9-13,16H,2,6-8,14-15H2,1H3,(H,24,25). The summed E-state index contributed by atoms with van der Waals surface area (Å²) in [4.78, 5) is 25.9. The van der Waals surface area contributed by atoms with Gasteiger partial charge in [-0.25, -0.2) is 4.79 Å². The molecule has 0 spiro atoms. The Labute approximate surface area is 164 Å². The van der Waals surface area contributed by atoms with Crippen molar-refractivity contribution in [2.75, 3.05) is 24.7 Å². The van der Waals surface area contributed by atoms with Crippen molar-refractivity contribution in [2.45, 2.75) is 26.2 Å². The summed E-state index contributed by atoms with van der Waals surface area (Å²) in [5, 5.41) is 8.82. The number of amides is 1. The molecule has 0 aliphatic heterocycles. The minimum Gasteiger partial charge on any atom is -0.490 e. The molecule has 1 aliphatic carbocycles. The first-order chi connectivity index (χ1) is 13.6. The van der Waals surface area contributed by atoms with Crippen LogP contribution in [0, 0.1) is 5.92 Å². The molecule has 6 nitrogen and oxygen atoms in total. The zero-order chi connectivity index (χ0) is 19.9. The molecule has 1 aliphatic rings. The fraction of sp³-hybridized carbons (Fsp3) is 0.364. The predicted molar refractivity (Wildman–Crippen MR) is 106 cm³/mol. The van der Waals surface area contributed by atoms with Crippen LogP contribution in [0.3, 0.4) is 0 Å². The van der Waals surface area contributed by atoms with Crippen LogP contribution in [0.15, 0.2) is 48.5 Å². The van der Waals surface area contributed by atoms with Crippen molar-refractivity contribution in [3.05, 3.63) is 54.1 Å². The number of carbonyl (C=O) groups excluding carboxylic acids is 1. The van der Waals surface area contributed by atoms with E-state index < -0.39 is 12.6 Å². The molecule has 1 N–H and O–H groups in total. The summed E-state index contributed by atoms with van der Waals surface area (Å²) in [6, 6.07) is 14.5. The van der Waals surface area contributed by atoms with Crippen LogP contribution in [0.5, 0.6) is 11.5 Å². The molecule has 3 rings (SSSR count). The predicted octanol–water partition coefficient (Wildman–Crippen LogP) is 4.00. The Hall–Kier alpha value is -3.02. The molecule has 28 heavy (non-hydrogen) atoms. The normalized spacial score (nSPS) is 13.5. The van der Waals surface area contributed by atoms with Gasteiger partial charge in [-0.05, 0) is 56.0 Å². The molecular formula is C22H25NO5. The maximum absolute atomic E-state index is 13.3. The summed E-state index contributed by atoms with van der Waals surface area (Å²) in [6.07, 6.45) is 3.50. The first kappa shape index (κ1) is 19.7. The number of ether oxygens (including phenoxy) is 2. The molecule has 2 aromatic carbocycles. The van der Waals surface area contributed by atoms with Crippen LogP contribution < -0.4 is 14.4 Å². The second-order valence-corrected chi connectivity index (χ2v) is 6.83. The summed E-state index contributed by atoms with van der Waals surface area (Å²) in [7, 11) is 0. The van der Waals surface area contributed by atoms with Crippen LogP contribution in [-0.2, 0) is 4.79 Å². The van der Waals surface area contributed by atoms with Crippen molar-refractivity contribution in [1.29, 1.82) is 0 Å². The molecule has 0 radical (unpaired) electrons. The second-order valence-electron chi connectivity index (χ2n) is 6.83. The highest BCUT2D eigenvalue weighted by Gasteiger charge is 2.26. The number of carboxylic acid groups (broad SMARTS) is 1. The van der Waals surface area contributed by atoms with Gasteiger partial charge in [0.1, 0.15) is 0 Å². The van der Waals surface area contributed by atoms with E-state index in [-0.39, 0.29) is 5.91 Å². The van der Waals surface area contributed by atoms with Crippen LogP contribution in [0.2, 0.25) is 0 Å². The molecule has 1 fully saturated rings. The third-order valence-corrected chi connectivity index (χ3v) is 4.82. The Morgan fingerprint density at radius 2 is 1.82 bits per heavy atom. The molecular weight excluding hydrogens is 358 g/mol. The molecule has 0 atom stereocenters. The Kier molecular flexibility index (Phi) is 6.53. The number of hydrogen-bond donors (Lipinski definition) is 1. The SMILES string of the molecule is CCOc1cc(C(=O)N(CC2CCC2)c2ccccc2)ccc1OCC(=O)O. The Bertz CT molecular complexity index is 817. The number of anilines is 1. The van der Waals surface area contributed by atoms with Crippen molar-refractivity contribution in [1.82, 2.24) is 0 Å². The average Bonchev–Trinajstić information content (AvgIpc) is 2.66. The summed E-state index contributed by atoms with van der Waals surface area (Å²) in [6.45, 7) is 2.42. The maximum atomic E-state index is 13.3. The minimum atomic E-state index is -1.07. The lowest BCUT2D eigenvalue weighted by atomic mass is 9.85. The number of hydrogen-bond acceptors (Lipinski definition) is 4. The van der Waals surface area contributed by atoms with E-state index in [1.54, 1.807) is 18.2 Å². The number of para-hydroxylation sites is 1. The molecule has 148 valence electrons. The molecule has 1 amide bonds. The van der Waals surface area contributed by atoms with Crippen molar-refractivity contribution < 1.29 is 24.2 Å². The maximum Gasteiger partial charge on any atom is 0.341 e. The summed E-state index contributed by atoms with van der Waals surface area (Å²) >= 11 is 0. The highest BCUT2D eigenvalue weighted by atomic mass is 16.5. The van der Waals surface area contributed by atoms with Crippen LogP contribution in [0.1, 0.15) is 36.5 Å². The molecule has 1 saturated carbocycles.